The van der Waals surface area contributed by atoms with Crippen molar-refractivity contribution in [3.05, 3.63) is 0 Å². The van der Waals surface area contributed by atoms with Crippen molar-refractivity contribution >= 4 is 11.8 Å². The van der Waals surface area contributed by atoms with Crippen LogP contribution in [0.2, 0.25) is 0 Å². The molecule has 0 bridgehead atoms. The van der Waals surface area contributed by atoms with Gasteiger partial charge in [0, 0.05) is 12.8 Å². The molecular formula is C15H30O3. The van der Waals surface area contributed by atoms with Crippen molar-refractivity contribution in [3.63, 3.8) is 0 Å². The number of hydrogen-bond acceptors (Lipinski definition) is 2. The molecule has 0 spiro atoms. The molecule has 0 unspecified atom stereocenters. The molecule has 0 saturated carbocycles. The summed E-state index contributed by atoms with van der Waals surface area (Å²) in [4.78, 5) is 20.4. The topological polar surface area (TPSA) is 54.4 Å². The lowest BCUT2D eigenvalue weighted by atomic mass is 10.1. The van der Waals surface area contributed by atoms with Gasteiger partial charge in [0.05, 0.1) is 0 Å². The highest BCUT2D eigenvalue weighted by Gasteiger charge is 1.95. The van der Waals surface area contributed by atoms with E-state index in [1.165, 1.54) is 19.3 Å². The van der Waals surface area contributed by atoms with Gasteiger partial charge in [0.1, 0.15) is 5.78 Å². The number of ketones is 1. The Morgan fingerprint density at radius 1 is 1.00 bits per heavy atom. The zero-order chi connectivity index (χ0) is 14.4. The number of aliphatic carboxylic acids is 1. The summed E-state index contributed by atoms with van der Waals surface area (Å²) in [5.74, 6) is 0.300. The monoisotopic (exact) mass is 258 g/mol. The highest BCUT2D eigenvalue weighted by Crippen LogP contribution is 2.04. The van der Waals surface area contributed by atoms with Gasteiger partial charge in [0.25, 0.3) is 0 Å². The fourth-order valence-corrected chi connectivity index (χ4v) is 1.37. The molecule has 0 aromatic heterocycles. The summed E-state index contributed by atoms with van der Waals surface area (Å²) < 4.78 is 0. The molecule has 18 heavy (non-hydrogen) atoms. The second-order valence-electron chi connectivity index (χ2n) is 5.19. The SMILES string of the molecule is CC(=O)CCC(C)C.CCCCCCCC(=O)O. The fourth-order valence-electron chi connectivity index (χ4n) is 1.37. The van der Waals surface area contributed by atoms with Crippen LogP contribution in [-0.2, 0) is 9.59 Å². The van der Waals surface area contributed by atoms with Gasteiger partial charge in [-0.2, -0.15) is 0 Å². The molecule has 0 aliphatic carbocycles. The van der Waals surface area contributed by atoms with Crippen LogP contribution in [0.1, 0.15) is 79.1 Å². The van der Waals surface area contributed by atoms with E-state index in [0.717, 1.165) is 25.7 Å². The predicted octanol–water partition coefficient (Wildman–Crippen LogP) is 4.44. The minimum absolute atomic E-state index is 0.304. The van der Waals surface area contributed by atoms with Crippen LogP contribution in [0.25, 0.3) is 0 Å². The number of carboxylic acid groups (broad SMARTS) is 1. The van der Waals surface area contributed by atoms with Crippen LogP contribution < -0.4 is 0 Å². The highest BCUT2D eigenvalue weighted by atomic mass is 16.4. The van der Waals surface area contributed by atoms with Crippen molar-refractivity contribution in [1.82, 2.24) is 0 Å². The van der Waals surface area contributed by atoms with Gasteiger partial charge in [0.15, 0.2) is 0 Å². The average molecular weight is 258 g/mol. The first kappa shape index (κ1) is 19.5. The Labute approximate surface area is 112 Å². The number of carbonyl (C=O) groups excluding carboxylic acids is 1. The standard InChI is InChI=1S/C8H16O2.C7H14O/c1-2-3-4-5-6-7-8(9)10;1-6(2)4-5-7(3)8/h2-7H2,1H3,(H,9,10);6H,4-5H2,1-3H3. The summed E-state index contributed by atoms with van der Waals surface area (Å²) in [5, 5.41) is 8.27. The van der Waals surface area contributed by atoms with Gasteiger partial charge in [-0.05, 0) is 25.7 Å². The van der Waals surface area contributed by atoms with E-state index in [1.807, 2.05) is 0 Å². The van der Waals surface area contributed by atoms with Crippen LogP contribution in [0.15, 0.2) is 0 Å². The summed E-state index contributed by atoms with van der Waals surface area (Å²) in [6.45, 7) is 8.05. The Hall–Kier alpha value is -0.860. The number of rotatable bonds is 9. The molecule has 0 fully saturated rings. The Balaban J connectivity index is 0. The third-order valence-electron chi connectivity index (χ3n) is 2.57. The first-order valence-electron chi connectivity index (χ1n) is 7.11. The molecular weight excluding hydrogens is 228 g/mol. The smallest absolute Gasteiger partial charge is 0.303 e. The number of carbonyl (C=O) groups is 2. The molecule has 0 atom stereocenters. The van der Waals surface area contributed by atoms with E-state index in [0.29, 0.717) is 18.1 Å². The van der Waals surface area contributed by atoms with Gasteiger partial charge < -0.3 is 9.90 Å². The van der Waals surface area contributed by atoms with Crippen LogP contribution in [0.5, 0.6) is 0 Å². The van der Waals surface area contributed by atoms with Crippen molar-refractivity contribution in [2.75, 3.05) is 0 Å². The number of carboxylic acids is 1. The average Bonchev–Trinajstić information content (AvgIpc) is 2.26. The van der Waals surface area contributed by atoms with Crippen LogP contribution >= 0.6 is 0 Å². The lowest BCUT2D eigenvalue weighted by molar-refractivity contribution is -0.137. The van der Waals surface area contributed by atoms with Crippen molar-refractivity contribution in [2.45, 2.75) is 79.1 Å². The summed E-state index contributed by atoms with van der Waals surface area (Å²) in [7, 11) is 0. The molecule has 0 heterocycles. The normalized spacial score (nSPS) is 9.83. The van der Waals surface area contributed by atoms with E-state index in [-0.39, 0.29) is 0 Å². The van der Waals surface area contributed by atoms with E-state index in [9.17, 15) is 9.59 Å². The summed E-state index contributed by atoms with van der Waals surface area (Å²) in [6.07, 6.45) is 7.67. The second kappa shape index (κ2) is 14.2. The van der Waals surface area contributed by atoms with Crippen molar-refractivity contribution in [3.8, 4) is 0 Å². The molecule has 108 valence electrons. The minimum Gasteiger partial charge on any atom is -0.481 e. The largest absolute Gasteiger partial charge is 0.481 e. The lowest BCUT2D eigenvalue weighted by Gasteiger charge is -1.98. The molecule has 0 aliphatic heterocycles. The third kappa shape index (κ3) is 24.4. The maximum absolute atomic E-state index is 10.3. The molecule has 0 aliphatic rings. The van der Waals surface area contributed by atoms with Crippen LogP contribution in [0.4, 0.5) is 0 Å². The van der Waals surface area contributed by atoms with E-state index in [2.05, 4.69) is 20.8 Å². The van der Waals surface area contributed by atoms with Crippen LogP contribution in [0, 0.1) is 5.92 Å². The van der Waals surface area contributed by atoms with E-state index >= 15 is 0 Å². The Kier molecular flexibility index (Phi) is 15.4. The number of unbranched alkanes of at least 4 members (excludes halogenated alkanes) is 4. The van der Waals surface area contributed by atoms with Gasteiger partial charge in [-0.15, -0.1) is 0 Å². The zero-order valence-electron chi connectivity index (χ0n) is 12.5. The fraction of sp³-hybridized carbons (Fsp3) is 0.867. The zero-order valence-corrected chi connectivity index (χ0v) is 12.5. The molecule has 0 rings (SSSR count). The molecule has 3 nitrogen and oxygen atoms in total. The first-order valence-corrected chi connectivity index (χ1v) is 7.11. The van der Waals surface area contributed by atoms with Crippen molar-refractivity contribution < 1.29 is 14.7 Å². The molecule has 0 radical (unpaired) electrons. The van der Waals surface area contributed by atoms with Crippen LogP contribution in [0.3, 0.4) is 0 Å². The second-order valence-corrected chi connectivity index (χ2v) is 5.19. The van der Waals surface area contributed by atoms with E-state index < -0.39 is 5.97 Å². The predicted molar refractivity (Wildman–Crippen MR) is 75.8 cm³/mol. The molecule has 0 aromatic carbocycles. The quantitative estimate of drug-likeness (QED) is 0.622. The number of hydrogen-bond donors (Lipinski definition) is 1. The lowest BCUT2D eigenvalue weighted by Crippen LogP contribution is -1.93. The van der Waals surface area contributed by atoms with E-state index in [1.54, 1.807) is 6.92 Å². The maximum Gasteiger partial charge on any atom is 0.303 e. The van der Waals surface area contributed by atoms with Gasteiger partial charge in [-0.25, -0.2) is 0 Å². The van der Waals surface area contributed by atoms with Crippen molar-refractivity contribution in [2.24, 2.45) is 5.92 Å². The van der Waals surface area contributed by atoms with Gasteiger partial charge >= 0.3 is 5.97 Å². The molecule has 3 heteroatoms. The first-order chi connectivity index (χ1) is 8.40. The Morgan fingerprint density at radius 2 is 1.56 bits per heavy atom. The maximum atomic E-state index is 10.3. The van der Waals surface area contributed by atoms with Crippen molar-refractivity contribution in [1.29, 1.82) is 0 Å². The number of Topliss-reactive ketones (excluding diaryl/α,β-unsaturated/α-hetero) is 1. The summed E-state index contributed by atoms with van der Waals surface area (Å²) in [6, 6.07) is 0. The Morgan fingerprint density at radius 3 is 1.89 bits per heavy atom. The van der Waals surface area contributed by atoms with Crippen LogP contribution in [-0.4, -0.2) is 16.9 Å². The molecule has 1 N–H and O–H groups in total. The summed E-state index contributed by atoms with van der Waals surface area (Å²) >= 11 is 0. The van der Waals surface area contributed by atoms with Gasteiger partial charge in [-0.1, -0.05) is 46.5 Å². The van der Waals surface area contributed by atoms with Gasteiger partial charge in [-0.3, -0.25) is 4.79 Å². The third-order valence-corrected chi connectivity index (χ3v) is 2.57. The Bertz CT molecular complexity index is 210. The molecule has 0 saturated heterocycles. The van der Waals surface area contributed by atoms with E-state index in [4.69, 9.17) is 5.11 Å². The van der Waals surface area contributed by atoms with Gasteiger partial charge in [0.2, 0.25) is 0 Å². The molecule has 0 aromatic rings. The minimum atomic E-state index is -0.670. The molecule has 0 amide bonds. The highest BCUT2D eigenvalue weighted by molar-refractivity contribution is 5.75. The summed E-state index contributed by atoms with van der Waals surface area (Å²) in [5.41, 5.74) is 0.